The third kappa shape index (κ3) is 2.73. The number of halogens is 1. The fourth-order valence-electron chi connectivity index (χ4n) is 2.71. The number of likely N-dealkylation sites (N-methyl/N-ethyl adjacent to an activating group) is 1. The van der Waals surface area contributed by atoms with Crippen molar-refractivity contribution in [3.05, 3.63) is 0 Å². The summed E-state index contributed by atoms with van der Waals surface area (Å²) in [7, 11) is 3.75. The Balaban J connectivity index is 0.00000112. The Morgan fingerprint density at radius 2 is 2.07 bits per heavy atom. The Labute approximate surface area is 112 Å². The van der Waals surface area contributed by atoms with E-state index in [9.17, 15) is 4.21 Å². The van der Waals surface area contributed by atoms with E-state index in [-0.39, 0.29) is 35.5 Å². The second-order valence-corrected chi connectivity index (χ2v) is 6.76. The molecule has 2 heterocycles. The van der Waals surface area contributed by atoms with Crippen LogP contribution >= 0.6 is 0 Å². The van der Waals surface area contributed by atoms with Gasteiger partial charge in [-0.1, -0.05) is 0 Å². The van der Waals surface area contributed by atoms with Crippen LogP contribution in [0, 0.1) is 0 Å². The molecule has 2 fully saturated rings. The minimum Gasteiger partial charge on any atom is -1.00 e. The summed E-state index contributed by atoms with van der Waals surface area (Å²) in [5.41, 5.74) is -0.0550. The minimum absolute atomic E-state index is 0. The van der Waals surface area contributed by atoms with Gasteiger partial charge in [-0.2, -0.15) is 0 Å². The van der Waals surface area contributed by atoms with E-state index in [4.69, 9.17) is 4.74 Å². The topological polar surface area (TPSA) is 26.3 Å². The van der Waals surface area contributed by atoms with Crippen LogP contribution in [0.4, 0.5) is 0 Å². The van der Waals surface area contributed by atoms with Gasteiger partial charge in [-0.25, -0.2) is 0 Å². The van der Waals surface area contributed by atoms with Crippen LogP contribution in [-0.2, 0) is 15.5 Å². The van der Waals surface area contributed by atoms with Crippen LogP contribution in [0.1, 0.15) is 19.8 Å². The molecule has 0 aromatic carbocycles. The van der Waals surface area contributed by atoms with Crippen molar-refractivity contribution < 1.29 is 37.4 Å². The first-order valence-electron chi connectivity index (χ1n) is 5.36. The molecule has 2 rings (SSSR count). The van der Waals surface area contributed by atoms with Crippen molar-refractivity contribution in [3.63, 3.8) is 0 Å². The Morgan fingerprint density at radius 3 is 2.47 bits per heavy atom. The van der Waals surface area contributed by atoms with Gasteiger partial charge >= 0.3 is 0 Å². The van der Waals surface area contributed by atoms with E-state index in [1.165, 1.54) is 19.4 Å². The maximum absolute atomic E-state index is 11.5. The Bertz CT molecular complexity index is 260. The maximum Gasteiger partial charge on any atom is 0.130 e. The lowest BCUT2D eigenvalue weighted by Gasteiger charge is -2.34. The van der Waals surface area contributed by atoms with Crippen LogP contribution in [0.15, 0.2) is 0 Å². The number of rotatable bonds is 1. The molecule has 0 unspecified atom stereocenters. The molecule has 2 saturated heterocycles. The molecule has 4 atom stereocenters. The quantitative estimate of drug-likeness (QED) is 0.396. The van der Waals surface area contributed by atoms with E-state index in [1.54, 1.807) is 0 Å². The van der Waals surface area contributed by atoms with Crippen molar-refractivity contribution in [1.29, 1.82) is 0 Å². The van der Waals surface area contributed by atoms with Gasteiger partial charge in [-0.3, -0.25) is 4.21 Å². The van der Waals surface area contributed by atoms with Crippen LogP contribution < -0.4 is 24.0 Å². The highest BCUT2D eigenvalue weighted by Crippen LogP contribution is 2.30. The number of ether oxygens (including phenoxy) is 1. The second kappa shape index (κ2) is 4.98. The second-order valence-electron chi connectivity index (χ2n) is 5.00. The number of quaternary nitrogens is 1. The third-order valence-electron chi connectivity index (χ3n) is 3.63. The number of nitrogens with zero attached hydrogens (tertiary/aromatic N) is 1. The highest BCUT2D eigenvalue weighted by molar-refractivity contribution is 7.85. The van der Waals surface area contributed by atoms with Gasteiger partial charge in [-0.15, -0.1) is 0 Å². The summed E-state index contributed by atoms with van der Waals surface area (Å²) in [5.74, 6) is 0.744. The summed E-state index contributed by atoms with van der Waals surface area (Å²) in [4.78, 5) is 0. The molecule has 0 aromatic heterocycles. The standard InChI is InChI=1S/C10H20NO2S.HI/c1-8-13-10(7-14(8)12)9-5-4-6-11(9,2)3;/h8-10H,4-7H2,1-3H3;1H/q+1;/p-1/t8-,9+,10+,14-;/m1./s1. The first-order chi connectivity index (χ1) is 6.50. The lowest BCUT2D eigenvalue weighted by Crippen LogP contribution is -3.00. The molecule has 0 spiro atoms. The Morgan fingerprint density at radius 1 is 1.40 bits per heavy atom. The molecule has 2 aliphatic heterocycles. The summed E-state index contributed by atoms with van der Waals surface area (Å²) in [5, 5.41) is 0. The van der Waals surface area contributed by atoms with Gasteiger partial charge in [0.15, 0.2) is 0 Å². The molecule has 3 nitrogen and oxygen atoms in total. The predicted molar refractivity (Wildman–Crippen MR) is 57.3 cm³/mol. The average molecular weight is 345 g/mol. The normalized spacial score (nSPS) is 43.9. The molecule has 0 saturated carbocycles. The zero-order chi connectivity index (χ0) is 10.3. The number of hydrogen-bond donors (Lipinski definition) is 0. The molecule has 0 aliphatic carbocycles. The lowest BCUT2D eigenvalue weighted by molar-refractivity contribution is -0.905. The van der Waals surface area contributed by atoms with E-state index >= 15 is 0 Å². The number of likely N-dealkylation sites (tertiary alicyclic amines) is 1. The van der Waals surface area contributed by atoms with Crippen LogP contribution in [0.5, 0.6) is 0 Å². The molecule has 0 radical (unpaired) electrons. The first-order valence-corrected chi connectivity index (χ1v) is 6.74. The molecule has 0 amide bonds. The van der Waals surface area contributed by atoms with E-state index in [0.717, 1.165) is 10.2 Å². The first kappa shape index (κ1) is 13.9. The largest absolute Gasteiger partial charge is 1.00 e. The van der Waals surface area contributed by atoms with Crippen molar-refractivity contribution in [2.45, 2.75) is 37.3 Å². The van der Waals surface area contributed by atoms with Gasteiger partial charge in [0.2, 0.25) is 0 Å². The fourth-order valence-corrected chi connectivity index (χ4v) is 3.87. The monoisotopic (exact) mass is 345 g/mol. The van der Waals surface area contributed by atoms with Crippen LogP contribution in [0.2, 0.25) is 0 Å². The van der Waals surface area contributed by atoms with Gasteiger partial charge in [0.25, 0.3) is 0 Å². The van der Waals surface area contributed by atoms with Crippen LogP contribution in [0.3, 0.4) is 0 Å². The molecule has 2 aliphatic rings. The average Bonchev–Trinajstić information content (AvgIpc) is 2.56. The fraction of sp³-hybridized carbons (Fsp3) is 1.00. The van der Waals surface area contributed by atoms with Crippen molar-refractivity contribution in [3.8, 4) is 0 Å². The molecular weight excluding hydrogens is 325 g/mol. The molecule has 0 bridgehead atoms. The maximum atomic E-state index is 11.5. The molecule has 5 heteroatoms. The zero-order valence-electron chi connectivity index (χ0n) is 9.61. The van der Waals surface area contributed by atoms with Gasteiger partial charge in [0.1, 0.15) is 17.6 Å². The lowest BCUT2D eigenvalue weighted by atomic mass is 10.1. The van der Waals surface area contributed by atoms with E-state index < -0.39 is 10.8 Å². The molecule has 0 N–H and O–H groups in total. The highest BCUT2D eigenvalue weighted by Gasteiger charge is 2.45. The SMILES string of the molecule is C[C@@H]1O[C@H]([C@@H]2CCC[N+]2(C)C)C[S@]1=O.[I-]. The zero-order valence-corrected chi connectivity index (χ0v) is 12.6. The summed E-state index contributed by atoms with van der Waals surface area (Å²) in [6, 6.07) is 0.559. The summed E-state index contributed by atoms with van der Waals surface area (Å²) >= 11 is 0. The van der Waals surface area contributed by atoms with Gasteiger partial charge in [0, 0.05) is 12.8 Å². The number of hydrogen-bond acceptors (Lipinski definition) is 2. The van der Waals surface area contributed by atoms with E-state index in [0.29, 0.717) is 6.04 Å². The summed E-state index contributed by atoms with van der Waals surface area (Å²) in [6.07, 6.45) is 2.73. The Kier molecular flexibility index (Phi) is 4.60. The Hall–Kier alpha value is 0.800. The highest BCUT2D eigenvalue weighted by atomic mass is 127. The molecular formula is C10H20INO2S. The van der Waals surface area contributed by atoms with Crippen molar-refractivity contribution in [2.75, 3.05) is 26.4 Å². The molecule has 90 valence electrons. The molecule has 15 heavy (non-hydrogen) atoms. The van der Waals surface area contributed by atoms with Gasteiger partial charge < -0.3 is 33.2 Å². The van der Waals surface area contributed by atoms with Crippen molar-refractivity contribution in [1.82, 2.24) is 0 Å². The van der Waals surface area contributed by atoms with Gasteiger partial charge in [-0.05, 0) is 6.92 Å². The predicted octanol–water partition coefficient (Wildman–Crippen LogP) is -2.28. The summed E-state index contributed by atoms with van der Waals surface area (Å²) < 4.78 is 18.3. The van der Waals surface area contributed by atoms with Crippen molar-refractivity contribution in [2.24, 2.45) is 0 Å². The smallest absolute Gasteiger partial charge is 0.130 e. The van der Waals surface area contributed by atoms with Crippen molar-refractivity contribution >= 4 is 10.8 Å². The third-order valence-corrected chi connectivity index (χ3v) is 5.14. The van der Waals surface area contributed by atoms with E-state index in [1.807, 2.05) is 6.92 Å². The molecule has 0 aromatic rings. The van der Waals surface area contributed by atoms with E-state index in [2.05, 4.69) is 14.1 Å². The van der Waals surface area contributed by atoms with Crippen LogP contribution in [-0.4, -0.2) is 52.7 Å². The van der Waals surface area contributed by atoms with Crippen LogP contribution in [0.25, 0.3) is 0 Å². The minimum atomic E-state index is -0.759. The summed E-state index contributed by atoms with van der Waals surface area (Å²) in [6.45, 7) is 3.15. The van der Waals surface area contributed by atoms with Gasteiger partial charge in [0.05, 0.1) is 37.2 Å².